The van der Waals surface area contributed by atoms with Gasteiger partial charge in [-0.3, -0.25) is 0 Å². The third-order valence-electron chi connectivity index (χ3n) is 4.19. The summed E-state index contributed by atoms with van der Waals surface area (Å²) in [5.41, 5.74) is 6.23. The highest BCUT2D eigenvalue weighted by atomic mass is 16.7. The number of nitrogens with two attached hydrogens (primary N) is 1. The highest BCUT2D eigenvalue weighted by molar-refractivity contribution is 5.80. The molecule has 2 heterocycles. The molecular weight excluding hydrogens is 348 g/mol. The minimum atomic E-state index is -0.935. The van der Waals surface area contributed by atoms with Gasteiger partial charge < -0.3 is 25.2 Å². The number of carbonyl (C=O) groups is 2. The van der Waals surface area contributed by atoms with Gasteiger partial charge in [0.2, 0.25) is 6.79 Å². The van der Waals surface area contributed by atoms with Crippen molar-refractivity contribution < 1.29 is 24.2 Å². The lowest BCUT2D eigenvalue weighted by atomic mass is 10.1. The number of piperidine rings is 1. The number of fused-ring (bicyclic) bond motifs is 1. The zero-order valence-corrected chi connectivity index (χ0v) is 15.3. The average Bonchev–Trinajstić information content (AvgIpc) is 3.13. The Morgan fingerprint density at radius 2 is 1.85 bits per heavy atom. The third kappa shape index (κ3) is 7.43. The van der Waals surface area contributed by atoms with Crippen molar-refractivity contribution >= 4 is 12.0 Å². The van der Waals surface area contributed by atoms with Crippen LogP contribution in [-0.4, -0.2) is 41.9 Å². The Hall–Kier alpha value is -2.96. The first-order valence-corrected chi connectivity index (χ1v) is 9.05. The number of amides is 2. The Balaban J connectivity index is 0.000000244. The molecule has 2 aliphatic heterocycles. The van der Waals surface area contributed by atoms with Crippen molar-refractivity contribution in [1.29, 1.82) is 0 Å². The van der Waals surface area contributed by atoms with Gasteiger partial charge in [0.15, 0.2) is 11.5 Å². The van der Waals surface area contributed by atoms with E-state index in [9.17, 15) is 9.59 Å². The van der Waals surface area contributed by atoms with E-state index in [0.717, 1.165) is 56.3 Å². The van der Waals surface area contributed by atoms with Gasteiger partial charge in [-0.25, -0.2) is 9.59 Å². The zero-order chi connectivity index (χ0) is 19.5. The van der Waals surface area contributed by atoms with Gasteiger partial charge in [0, 0.05) is 19.2 Å². The summed E-state index contributed by atoms with van der Waals surface area (Å²) >= 11 is 0. The van der Waals surface area contributed by atoms with Crippen molar-refractivity contribution in [2.75, 3.05) is 19.9 Å². The number of carbonyl (C=O) groups excluding carboxylic acids is 1. The average molecular weight is 374 g/mol. The van der Waals surface area contributed by atoms with Crippen molar-refractivity contribution in [3.63, 3.8) is 0 Å². The van der Waals surface area contributed by atoms with Crippen LogP contribution in [0.15, 0.2) is 42.5 Å². The standard InChI is InChI=1S/C14H14O4.C6H12N2O/c15-14(16)6-4-2-1-3-5-11-7-8-12-13(9-11)18-10-17-12;7-6(9)8-4-2-1-3-5-8/h1-2,4,6-9H,3,5,10H2,(H,15,16);1-5H2,(H2,7,9)/b2-1-,6-4?;. The molecule has 7 heteroatoms. The molecule has 1 aromatic rings. The van der Waals surface area contributed by atoms with Crippen LogP contribution in [0, 0.1) is 0 Å². The topological polar surface area (TPSA) is 102 Å². The van der Waals surface area contributed by atoms with E-state index in [2.05, 4.69) is 0 Å². The fourth-order valence-electron chi connectivity index (χ4n) is 2.77. The van der Waals surface area contributed by atoms with Crippen LogP contribution in [0.3, 0.4) is 0 Å². The number of aryl methyl sites for hydroxylation is 1. The number of nitrogens with zero attached hydrogens (tertiary/aromatic N) is 1. The second-order valence-corrected chi connectivity index (χ2v) is 6.24. The molecule has 0 aliphatic carbocycles. The summed E-state index contributed by atoms with van der Waals surface area (Å²) in [5.74, 6) is 0.649. The highest BCUT2D eigenvalue weighted by Crippen LogP contribution is 2.32. The van der Waals surface area contributed by atoms with Gasteiger partial charge in [-0.15, -0.1) is 0 Å². The second kappa shape index (κ2) is 10.9. The predicted octanol–water partition coefficient (Wildman–Crippen LogP) is 3.10. The quantitative estimate of drug-likeness (QED) is 0.609. The molecule has 1 saturated heterocycles. The van der Waals surface area contributed by atoms with Gasteiger partial charge in [0.1, 0.15) is 0 Å². The number of likely N-dealkylation sites (tertiary alicyclic amines) is 1. The fraction of sp³-hybridized carbons (Fsp3) is 0.400. The van der Waals surface area contributed by atoms with E-state index >= 15 is 0 Å². The number of allylic oxidation sites excluding steroid dienone is 3. The molecule has 3 N–H and O–H groups in total. The number of carboxylic acids is 1. The van der Waals surface area contributed by atoms with Crippen LogP contribution in [0.25, 0.3) is 0 Å². The SMILES string of the molecule is NC(=O)N1CCCCC1.O=C(O)C=C/C=C\CCc1ccc2c(c1)OCO2. The summed E-state index contributed by atoms with van der Waals surface area (Å²) < 4.78 is 10.5. The van der Waals surface area contributed by atoms with Crippen molar-refractivity contribution in [2.24, 2.45) is 5.73 Å². The number of aliphatic carboxylic acids is 1. The molecule has 0 radical (unpaired) electrons. The van der Waals surface area contributed by atoms with E-state index < -0.39 is 5.97 Å². The first-order chi connectivity index (χ1) is 13.1. The molecule has 3 rings (SSSR count). The Kier molecular flexibility index (Phi) is 8.22. The highest BCUT2D eigenvalue weighted by Gasteiger charge is 2.13. The van der Waals surface area contributed by atoms with Crippen LogP contribution in [0.1, 0.15) is 31.2 Å². The summed E-state index contributed by atoms with van der Waals surface area (Å²) in [6.07, 6.45) is 11.5. The molecule has 0 spiro atoms. The van der Waals surface area contributed by atoms with Crippen LogP contribution in [-0.2, 0) is 11.2 Å². The normalized spacial score (nSPS) is 15.6. The molecule has 0 atom stereocenters. The second-order valence-electron chi connectivity index (χ2n) is 6.24. The summed E-state index contributed by atoms with van der Waals surface area (Å²) in [4.78, 5) is 22.4. The zero-order valence-electron chi connectivity index (χ0n) is 15.3. The maximum atomic E-state index is 10.5. The number of ether oxygens (including phenoxy) is 2. The smallest absolute Gasteiger partial charge is 0.328 e. The fourth-order valence-corrected chi connectivity index (χ4v) is 2.77. The number of hydrogen-bond donors (Lipinski definition) is 2. The van der Waals surface area contributed by atoms with Crippen LogP contribution in [0.4, 0.5) is 4.79 Å². The van der Waals surface area contributed by atoms with Gasteiger partial charge in [0.05, 0.1) is 0 Å². The van der Waals surface area contributed by atoms with Crippen LogP contribution < -0.4 is 15.2 Å². The predicted molar refractivity (Wildman–Crippen MR) is 102 cm³/mol. The van der Waals surface area contributed by atoms with Gasteiger partial charge in [-0.2, -0.15) is 0 Å². The Morgan fingerprint density at radius 3 is 2.52 bits per heavy atom. The van der Waals surface area contributed by atoms with E-state index in [1.807, 2.05) is 24.3 Å². The Bertz CT molecular complexity index is 694. The van der Waals surface area contributed by atoms with E-state index in [1.54, 1.807) is 11.0 Å². The van der Waals surface area contributed by atoms with Crippen molar-refractivity contribution in [3.05, 3.63) is 48.1 Å². The van der Waals surface area contributed by atoms with Crippen LogP contribution in [0.2, 0.25) is 0 Å². The first-order valence-electron chi connectivity index (χ1n) is 9.05. The molecule has 146 valence electrons. The van der Waals surface area contributed by atoms with Gasteiger partial charge >= 0.3 is 12.0 Å². The third-order valence-corrected chi connectivity index (χ3v) is 4.19. The number of rotatable bonds is 5. The minimum Gasteiger partial charge on any atom is -0.478 e. The molecule has 1 aromatic carbocycles. The summed E-state index contributed by atoms with van der Waals surface area (Å²) in [7, 11) is 0. The van der Waals surface area contributed by atoms with Gasteiger partial charge in [0.25, 0.3) is 0 Å². The van der Waals surface area contributed by atoms with Gasteiger partial charge in [-0.1, -0.05) is 24.3 Å². The van der Waals surface area contributed by atoms with E-state index in [-0.39, 0.29) is 6.03 Å². The van der Waals surface area contributed by atoms with E-state index in [1.165, 1.54) is 18.1 Å². The maximum Gasteiger partial charge on any atom is 0.328 e. The molecule has 0 unspecified atom stereocenters. The molecule has 0 saturated carbocycles. The van der Waals surface area contributed by atoms with Crippen molar-refractivity contribution in [2.45, 2.75) is 32.1 Å². The number of urea groups is 1. The summed E-state index contributed by atoms with van der Waals surface area (Å²) in [6.45, 7) is 2.00. The summed E-state index contributed by atoms with van der Waals surface area (Å²) in [6, 6.07) is 5.62. The number of carboxylic acid groups (broad SMARTS) is 1. The van der Waals surface area contributed by atoms with Crippen molar-refractivity contribution in [3.8, 4) is 11.5 Å². The molecule has 1 fully saturated rings. The number of benzene rings is 1. The van der Waals surface area contributed by atoms with Crippen LogP contribution in [0.5, 0.6) is 11.5 Å². The number of primary amides is 1. The molecular formula is C20H26N2O5. The van der Waals surface area contributed by atoms with Crippen LogP contribution >= 0.6 is 0 Å². The molecule has 7 nitrogen and oxygen atoms in total. The Morgan fingerprint density at radius 1 is 1.11 bits per heavy atom. The largest absolute Gasteiger partial charge is 0.478 e. The molecule has 0 bridgehead atoms. The molecule has 2 aliphatic rings. The first kappa shape index (κ1) is 20.4. The Labute approximate surface area is 159 Å². The molecule has 2 amide bonds. The van der Waals surface area contributed by atoms with E-state index in [0.29, 0.717) is 6.79 Å². The lowest BCUT2D eigenvalue weighted by molar-refractivity contribution is -0.131. The van der Waals surface area contributed by atoms with E-state index in [4.69, 9.17) is 20.3 Å². The summed E-state index contributed by atoms with van der Waals surface area (Å²) in [5, 5.41) is 8.39. The lowest BCUT2D eigenvalue weighted by Crippen LogP contribution is -2.39. The van der Waals surface area contributed by atoms with Crippen molar-refractivity contribution in [1.82, 2.24) is 4.90 Å². The lowest BCUT2D eigenvalue weighted by Gasteiger charge is -2.24. The molecule has 27 heavy (non-hydrogen) atoms. The van der Waals surface area contributed by atoms with Gasteiger partial charge in [-0.05, 0) is 49.8 Å². The molecule has 0 aromatic heterocycles. The minimum absolute atomic E-state index is 0.269. The number of hydrogen-bond acceptors (Lipinski definition) is 4. The maximum absolute atomic E-state index is 10.5. The monoisotopic (exact) mass is 374 g/mol.